The highest BCUT2D eigenvalue weighted by atomic mass is 35.5. The van der Waals surface area contributed by atoms with E-state index in [0.717, 1.165) is 37.2 Å². The molecule has 0 bridgehead atoms. The molecule has 180 valence electrons. The van der Waals surface area contributed by atoms with Gasteiger partial charge in [0.1, 0.15) is 18.0 Å². The molecule has 1 fully saturated rings. The summed E-state index contributed by atoms with van der Waals surface area (Å²) in [6, 6.07) is 8.47. The Kier molecular flexibility index (Phi) is 7.53. The number of fused-ring (bicyclic) bond motifs is 1. The smallest absolute Gasteiger partial charge is 0.253 e. The van der Waals surface area contributed by atoms with Crippen molar-refractivity contribution >= 4 is 52.5 Å². The van der Waals surface area contributed by atoms with Gasteiger partial charge in [0.2, 0.25) is 11.8 Å². The fourth-order valence-electron chi connectivity index (χ4n) is 4.08. The lowest BCUT2D eigenvalue weighted by Crippen LogP contribution is -2.41. The molecule has 34 heavy (non-hydrogen) atoms. The Bertz CT molecular complexity index is 1120. The van der Waals surface area contributed by atoms with Gasteiger partial charge in [-0.1, -0.05) is 11.6 Å². The molecule has 8 nitrogen and oxygen atoms in total. The van der Waals surface area contributed by atoms with Gasteiger partial charge in [-0.05, 0) is 43.5 Å². The molecular weight excluding hydrogens is 478 g/mol. The normalized spacial score (nSPS) is 15.6. The third-order valence-corrected chi connectivity index (χ3v) is 7.18. The maximum Gasteiger partial charge on any atom is 0.253 e. The summed E-state index contributed by atoms with van der Waals surface area (Å²) < 4.78 is 10.5. The molecule has 3 amide bonds. The summed E-state index contributed by atoms with van der Waals surface area (Å²) in [4.78, 5) is 42.8. The van der Waals surface area contributed by atoms with Crippen LogP contribution in [0.5, 0.6) is 11.5 Å². The SMILES string of the molecule is COc1cc(OC)c(NC(=O)CN2C(=O)CSc3ccc(C(=O)N4CCCCC4)cc32)cc1Cl. The average Bonchev–Trinajstić information content (AvgIpc) is 2.85. The minimum absolute atomic E-state index is 0.0486. The van der Waals surface area contributed by atoms with Gasteiger partial charge in [0.05, 0.1) is 36.4 Å². The van der Waals surface area contributed by atoms with E-state index in [2.05, 4.69) is 5.32 Å². The number of anilines is 2. The third kappa shape index (κ3) is 5.10. The zero-order chi connectivity index (χ0) is 24.2. The summed E-state index contributed by atoms with van der Waals surface area (Å²) in [5.41, 5.74) is 1.45. The van der Waals surface area contributed by atoms with Crippen molar-refractivity contribution in [2.45, 2.75) is 24.2 Å². The minimum Gasteiger partial charge on any atom is -0.495 e. The fourth-order valence-corrected chi connectivity index (χ4v) is 5.24. The van der Waals surface area contributed by atoms with Gasteiger partial charge >= 0.3 is 0 Å². The van der Waals surface area contributed by atoms with Crippen LogP contribution in [0.15, 0.2) is 35.2 Å². The summed E-state index contributed by atoms with van der Waals surface area (Å²) in [6.45, 7) is 1.27. The van der Waals surface area contributed by atoms with Crippen molar-refractivity contribution in [2.75, 3.05) is 49.8 Å². The van der Waals surface area contributed by atoms with Crippen molar-refractivity contribution in [1.82, 2.24) is 4.90 Å². The van der Waals surface area contributed by atoms with Gasteiger partial charge in [0.25, 0.3) is 5.91 Å². The van der Waals surface area contributed by atoms with Crippen LogP contribution in [-0.2, 0) is 9.59 Å². The number of thioether (sulfide) groups is 1. The highest BCUT2D eigenvalue weighted by molar-refractivity contribution is 8.00. The Hall–Kier alpha value is -2.91. The number of halogens is 1. The molecule has 2 heterocycles. The van der Waals surface area contributed by atoms with Gasteiger partial charge in [-0.3, -0.25) is 14.4 Å². The number of carbonyl (C=O) groups excluding carboxylic acids is 3. The quantitative estimate of drug-likeness (QED) is 0.639. The van der Waals surface area contributed by atoms with E-state index in [0.29, 0.717) is 33.5 Å². The van der Waals surface area contributed by atoms with Gasteiger partial charge in [0.15, 0.2) is 0 Å². The van der Waals surface area contributed by atoms with Gasteiger partial charge in [-0.2, -0.15) is 0 Å². The molecule has 0 spiro atoms. The first kappa shape index (κ1) is 24.2. The molecule has 4 rings (SSSR count). The van der Waals surface area contributed by atoms with Crippen LogP contribution in [0, 0.1) is 0 Å². The molecular formula is C24H26ClN3O5S. The zero-order valence-electron chi connectivity index (χ0n) is 19.1. The molecule has 2 aromatic carbocycles. The van der Waals surface area contributed by atoms with Crippen LogP contribution >= 0.6 is 23.4 Å². The Balaban J connectivity index is 1.55. The van der Waals surface area contributed by atoms with Crippen molar-refractivity contribution in [2.24, 2.45) is 0 Å². The lowest BCUT2D eigenvalue weighted by molar-refractivity contribution is -0.120. The number of carbonyl (C=O) groups is 3. The first-order chi connectivity index (χ1) is 16.4. The van der Waals surface area contributed by atoms with E-state index in [1.54, 1.807) is 18.2 Å². The van der Waals surface area contributed by atoms with E-state index in [1.807, 2.05) is 11.0 Å². The zero-order valence-corrected chi connectivity index (χ0v) is 20.6. The predicted octanol–water partition coefficient (Wildman–Crippen LogP) is 4.06. The number of rotatable bonds is 6. The number of amides is 3. The number of benzene rings is 2. The maximum absolute atomic E-state index is 13.0. The lowest BCUT2D eigenvalue weighted by Gasteiger charge is -2.30. The molecule has 0 saturated carbocycles. The standard InChI is InChI=1S/C24H26ClN3O5S/c1-32-19-12-20(33-2)17(11-16(19)25)26-22(29)13-28-18-10-15(6-7-21(18)34-14-23(28)30)24(31)27-8-4-3-5-9-27/h6-7,10-12H,3-5,8-9,13-14H2,1-2H3,(H,26,29). The van der Waals surface area contributed by atoms with Crippen LogP contribution in [0.2, 0.25) is 5.02 Å². The van der Waals surface area contributed by atoms with E-state index >= 15 is 0 Å². The second-order valence-corrected chi connectivity index (χ2v) is 9.46. The molecule has 1 saturated heterocycles. The molecule has 0 aromatic heterocycles. The largest absolute Gasteiger partial charge is 0.495 e. The second kappa shape index (κ2) is 10.6. The number of hydrogen-bond acceptors (Lipinski definition) is 6. The Labute approximate surface area is 207 Å². The predicted molar refractivity (Wildman–Crippen MR) is 132 cm³/mol. The second-order valence-electron chi connectivity index (χ2n) is 8.04. The molecule has 10 heteroatoms. The van der Waals surface area contributed by atoms with Crippen LogP contribution in [0.25, 0.3) is 0 Å². The van der Waals surface area contributed by atoms with Crippen molar-refractivity contribution in [3.63, 3.8) is 0 Å². The molecule has 0 radical (unpaired) electrons. The molecule has 2 aromatic rings. The van der Waals surface area contributed by atoms with Gasteiger partial charge in [-0.25, -0.2) is 0 Å². The van der Waals surface area contributed by atoms with E-state index in [9.17, 15) is 14.4 Å². The van der Waals surface area contributed by atoms with Gasteiger partial charge in [0, 0.05) is 29.6 Å². The molecule has 0 unspecified atom stereocenters. The fraction of sp³-hybridized carbons (Fsp3) is 0.375. The van der Waals surface area contributed by atoms with Crippen LogP contribution in [0.4, 0.5) is 11.4 Å². The first-order valence-corrected chi connectivity index (χ1v) is 12.4. The number of likely N-dealkylation sites (tertiary alicyclic amines) is 1. The molecule has 2 aliphatic heterocycles. The third-order valence-electron chi connectivity index (χ3n) is 5.84. The number of hydrogen-bond donors (Lipinski definition) is 1. The highest BCUT2D eigenvalue weighted by Crippen LogP contribution is 2.38. The van der Waals surface area contributed by atoms with E-state index in [4.69, 9.17) is 21.1 Å². The molecule has 0 aliphatic carbocycles. The number of nitrogens with one attached hydrogen (secondary N) is 1. The van der Waals surface area contributed by atoms with E-state index in [-0.39, 0.29) is 24.1 Å². The highest BCUT2D eigenvalue weighted by Gasteiger charge is 2.29. The van der Waals surface area contributed by atoms with E-state index < -0.39 is 5.91 Å². The average molecular weight is 504 g/mol. The van der Waals surface area contributed by atoms with Crippen LogP contribution < -0.4 is 19.7 Å². The molecule has 2 aliphatic rings. The van der Waals surface area contributed by atoms with Crippen molar-refractivity contribution in [1.29, 1.82) is 0 Å². The number of methoxy groups -OCH3 is 2. The maximum atomic E-state index is 13.0. The van der Waals surface area contributed by atoms with Crippen LogP contribution in [-0.4, -0.2) is 62.2 Å². The molecule has 0 atom stereocenters. The summed E-state index contributed by atoms with van der Waals surface area (Å²) >= 11 is 7.60. The van der Waals surface area contributed by atoms with E-state index in [1.165, 1.54) is 36.9 Å². The minimum atomic E-state index is -0.418. The van der Waals surface area contributed by atoms with Crippen molar-refractivity contribution in [3.8, 4) is 11.5 Å². The summed E-state index contributed by atoms with van der Waals surface area (Å²) in [7, 11) is 2.96. The first-order valence-electron chi connectivity index (χ1n) is 11.0. The number of nitrogens with zero attached hydrogens (tertiary/aromatic N) is 2. The van der Waals surface area contributed by atoms with Crippen molar-refractivity contribution in [3.05, 3.63) is 40.9 Å². The summed E-state index contributed by atoms with van der Waals surface area (Å²) in [6.07, 6.45) is 3.12. The topological polar surface area (TPSA) is 88.2 Å². The number of ether oxygens (including phenoxy) is 2. The lowest BCUT2D eigenvalue weighted by atomic mass is 10.1. The van der Waals surface area contributed by atoms with Crippen LogP contribution in [0.1, 0.15) is 29.6 Å². The van der Waals surface area contributed by atoms with Crippen molar-refractivity contribution < 1.29 is 23.9 Å². The number of piperidine rings is 1. The Morgan fingerprint density at radius 2 is 1.79 bits per heavy atom. The Morgan fingerprint density at radius 3 is 2.50 bits per heavy atom. The summed E-state index contributed by atoms with van der Waals surface area (Å²) in [5.74, 6) is 0.350. The monoisotopic (exact) mass is 503 g/mol. The van der Waals surface area contributed by atoms with Gasteiger partial charge < -0.3 is 24.6 Å². The Morgan fingerprint density at radius 1 is 1.06 bits per heavy atom. The molecule has 1 N–H and O–H groups in total. The summed E-state index contributed by atoms with van der Waals surface area (Å²) in [5, 5.41) is 3.08. The van der Waals surface area contributed by atoms with Crippen LogP contribution in [0.3, 0.4) is 0 Å². The van der Waals surface area contributed by atoms with Gasteiger partial charge in [-0.15, -0.1) is 11.8 Å².